The van der Waals surface area contributed by atoms with Gasteiger partial charge in [0.25, 0.3) is 11.4 Å². The number of carbonyl (C=O) groups is 1. The number of ether oxygens (including phenoxy) is 1. The Morgan fingerprint density at radius 1 is 0.976 bits per heavy atom. The van der Waals surface area contributed by atoms with Gasteiger partial charge in [0, 0.05) is 43.8 Å². The summed E-state index contributed by atoms with van der Waals surface area (Å²) in [5, 5.41) is 26.5. The molecule has 3 aromatic rings. The maximum absolute atomic E-state index is 13.8. The summed E-state index contributed by atoms with van der Waals surface area (Å²) in [5.41, 5.74) is -2.80. The minimum Gasteiger partial charge on any atom is -0.360 e. The topological polar surface area (TPSA) is 131 Å². The molecule has 5 rings (SSSR count). The summed E-state index contributed by atoms with van der Waals surface area (Å²) in [4.78, 5) is 38.2. The highest BCUT2D eigenvalue weighted by Crippen LogP contribution is 2.48. The van der Waals surface area contributed by atoms with Gasteiger partial charge in [-0.15, -0.1) is 0 Å². The van der Waals surface area contributed by atoms with Crippen LogP contribution in [-0.4, -0.2) is 46.2 Å². The quantitative estimate of drug-likeness (QED) is 0.270. The highest BCUT2D eigenvalue weighted by Gasteiger charge is 2.53. The van der Waals surface area contributed by atoms with Gasteiger partial charge in [-0.1, -0.05) is 48.0 Å². The molecule has 2 amide bonds. The van der Waals surface area contributed by atoms with Crippen LogP contribution >= 0.6 is 0 Å². The number of piperidine rings is 1. The Labute approximate surface area is 237 Å². The van der Waals surface area contributed by atoms with Crippen molar-refractivity contribution in [2.75, 3.05) is 29.9 Å². The number of nitrogens with one attached hydrogen (secondary N) is 1. The number of halogens is 3. The third-order valence-electron chi connectivity index (χ3n) is 7.62. The van der Waals surface area contributed by atoms with Crippen LogP contribution in [0.15, 0.2) is 66.7 Å². The summed E-state index contributed by atoms with van der Waals surface area (Å²) in [7, 11) is 0. The van der Waals surface area contributed by atoms with E-state index in [0.717, 1.165) is 11.1 Å². The van der Waals surface area contributed by atoms with Gasteiger partial charge >= 0.3 is 12.2 Å². The minimum absolute atomic E-state index is 0.0527. The zero-order valence-electron chi connectivity index (χ0n) is 22.3. The number of rotatable bonds is 5. The molecule has 14 heteroatoms. The summed E-state index contributed by atoms with van der Waals surface area (Å²) in [6.07, 6.45) is -4.84. The molecule has 220 valence electrons. The van der Waals surface area contributed by atoms with E-state index in [1.807, 2.05) is 49.4 Å². The van der Waals surface area contributed by atoms with E-state index in [-0.39, 0.29) is 32.5 Å². The van der Waals surface area contributed by atoms with Gasteiger partial charge in [-0.2, -0.15) is 13.2 Å². The molecule has 2 aliphatic rings. The van der Waals surface area contributed by atoms with Crippen molar-refractivity contribution in [3.63, 3.8) is 0 Å². The molecule has 0 unspecified atom stereocenters. The van der Waals surface area contributed by atoms with Gasteiger partial charge in [-0.05, 0) is 24.6 Å². The SMILES string of the molecule is Cc1ccc(NC(=O)N2[C@H](c3ccccc3)COC23CCN(c2c([N+](=O)[O-])cc(C(F)(F)F)cc2[N+](=O)[O-])CC3)cc1. The normalized spacial score (nSPS) is 18.2. The van der Waals surface area contributed by atoms with Crippen molar-refractivity contribution in [1.82, 2.24) is 4.90 Å². The molecule has 1 atom stereocenters. The predicted molar refractivity (Wildman–Crippen MR) is 146 cm³/mol. The van der Waals surface area contributed by atoms with Gasteiger partial charge in [0.2, 0.25) is 0 Å². The van der Waals surface area contributed by atoms with E-state index >= 15 is 0 Å². The highest BCUT2D eigenvalue weighted by atomic mass is 19.4. The molecule has 42 heavy (non-hydrogen) atoms. The van der Waals surface area contributed by atoms with E-state index in [4.69, 9.17) is 4.74 Å². The van der Waals surface area contributed by atoms with Crippen LogP contribution in [0.1, 0.15) is 35.6 Å². The molecule has 0 radical (unpaired) electrons. The number of nitrogens with zero attached hydrogens (tertiary/aromatic N) is 4. The van der Waals surface area contributed by atoms with Crippen molar-refractivity contribution >= 4 is 28.8 Å². The lowest BCUT2D eigenvalue weighted by Crippen LogP contribution is -2.56. The summed E-state index contributed by atoms with van der Waals surface area (Å²) in [6.45, 7) is 1.97. The Balaban J connectivity index is 1.48. The minimum atomic E-state index is -5.02. The van der Waals surface area contributed by atoms with E-state index in [2.05, 4.69) is 5.32 Å². The van der Waals surface area contributed by atoms with Crippen LogP contribution in [0.4, 0.5) is 40.7 Å². The van der Waals surface area contributed by atoms with Crippen LogP contribution in [0.2, 0.25) is 0 Å². The molecule has 2 fully saturated rings. The van der Waals surface area contributed by atoms with Crippen LogP contribution in [0.25, 0.3) is 0 Å². The monoisotopic (exact) mass is 585 g/mol. The largest absolute Gasteiger partial charge is 0.416 e. The van der Waals surface area contributed by atoms with Crippen LogP contribution in [0.5, 0.6) is 0 Å². The number of nitro benzene ring substituents is 2. The first kappa shape index (κ1) is 28.8. The van der Waals surface area contributed by atoms with Crippen molar-refractivity contribution in [2.24, 2.45) is 0 Å². The van der Waals surface area contributed by atoms with Crippen LogP contribution in [0.3, 0.4) is 0 Å². The zero-order valence-corrected chi connectivity index (χ0v) is 22.3. The predicted octanol–water partition coefficient (Wildman–Crippen LogP) is 6.43. The van der Waals surface area contributed by atoms with E-state index in [0.29, 0.717) is 17.8 Å². The first-order valence-electron chi connectivity index (χ1n) is 13.0. The number of benzene rings is 3. The summed E-state index contributed by atoms with van der Waals surface area (Å²) >= 11 is 0. The zero-order chi connectivity index (χ0) is 30.2. The Bertz CT molecular complexity index is 1470. The molecule has 0 aliphatic carbocycles. The average molecular weight is 586 g/mol. The number of aryl methyl sites for hydroxylation is 1. The number of hydrogen-bond acceptors (Lipinski definition) is 7. The first-order chi connectivity index (χ1) is 19.9. The van der Waals surface area contributed by atoms with E-state index < -0.39 is 56.4 Å². The fourth-order valence-electron chi connectivity index (χ4n) is 5.56. The summed E-state index contributed by atoms with van der Waals surface area (Å²) in [5.74, 6) is 0. The van der Waals surface area contributed by atoms with Gasteiger partial charge in [0.15, 0.2) is 5.69 Å². The molecule has 0 saturated carbocycles. The van der Waals surface area contributed by atoms with Gasteiger partial charge in [0.05, 0.1) is 28.1 Å². The molecular formula is C28H26F3N5O6. The Morgan fingerprint density at radius 2 is 1.55 bits per heavy atom. The van der Waals surface area contributed by atoms with Gasteiger partial charge in [0.1, 0.15) is 5.72 Å². The molecule has 3 aromatic carbocycles. The number of nitro groups is 2. The third kappa shape index (κ3) is 5.44. The van der Waals surface area contributed by atoms with Crippen molar-refractivity contribution in [3.05, 3.63) is 104 Å². The number of hydrogen-bond donors (Lipinski definition) is 1. The molecule has 1 spiro atoms. The fraction of sp³-hybridized carbons (Fsp3) is 0.321. The fourth-order valence-corrected chi connectivity index (χ4v) is 5.56. The van der Waals surface area contributed by atoms with Crippen molar-refractivity contribution in [1.29, 1.82) is 0 Å². The van der Waals surface area contributed by atoms with Crippen molar-refractivity contribution < 1.29 is 32.5 Å². The Morgan fingerprint density at radius 3 is 2.07 bits per heavy atom. The van der Waals surface area contributed by atoms with E-state index in [1.165, 1.54) is 4.90 Å². The number of alkyl halides is 3. The van der Waals surface area contributed by atoms with E-state index in [1.54, 1.807) is 17.0 Å². The Kier molecular flexibility index (Phi) is 7.49. The third-order valence-corrected chi connectivity index (χ3v) is 7.62. The smallest absolute Gasteiger partial charge is 0.360 e. The average Bonchev–Trinajstić information content (AvgIpc) is 3.32. The molecular weight excluding hydrogens is 559 g/mol. The second kappa shape index (κ2) is 10.9. The van der Waals surface area contributed by atoms with Crippen LogP contribution in [-0.2, 0) is 10.9 Å². The second-order valence-corrected chi connectivity index (χ2v) is 10.2. The molecule has 2 heterocycles. The highest BCUT2D eigenvalue weighted by molar-refractivity contribution is 5.90. The molecule has 11 nitrogen and oxygen atoms in total. The lowest BCUT2D eigenvalue weighted by atomic mass is 9.95. The first-order valence-corrected chi connectivity index (χ1v) is 13.0. The maximum Gasteiger partial charge on any atom is 0.416 e. The van der Waals surface area contributed by atoms with Gasteiger partial charge in [-0.3, -0.25) is 25.1 Å². The van der Waals surface area contributed by atoms with Gasteiger partial charge < -0.3 is 15.0 Å². The number of anilines is 2. The molecule has 2 aliphatic heterocycles. The van der Waals surface area contributed by atoms with Crippen molar-refractivity contribution in [3.8, 4) is 0 Å². The summed E-state index contributed by atoms with van der Waals surface area (Å²) < 4.78 is 46.5. The molecule has 0 aromatic heterocycles. The molecule has 0 bridgehead atoms. The summed E-state index contributed by atoms with van der Waals surface area (Å²) in [6, 6.07) is 16.2. The second-order valence-electron chi connectivity index (χ2n) is 10.2. The van der Waals surface area contributed by atoms with Gasteiger partial charge in [-0.25, -0.2) is 4.79 Å². The molecule has 1 N–H and O–H groups in total. The molecule has 2 saturated heterocycles. The van der Waals surface area contributed by atoms with E-state index in [9.17, 15) is 38.2 Å². The van der Waals surface area contributed by atoms with Crippen LogP contribution < -0.4 is 10.2 Å². The number of carbonyl (C=O) groups excluding carboxylic acids is 1. The van der Waals surface area contributed by atoms with Crippen molar-refractivity contribution in [2.45, 2.75) is 37.7 Å². The lowest BCUT2D eigenvalue weighted by molar-refractivity contribution is -0.393. The Hall–Kier alpha value is -4.72. The maximum atomic E-state index is 13.8. The van der Waals surface area contributed by atoms with Crippen LogP contribution in [0, 0.1) is 27.2 Å². The number of amides is 2. The lowest BCUT2D eigenvalue weighted by Gasteiger charge is -2.45. The standard InChI is InChI=1S/C28H26F3N5O6/c1-18-7-9-21(10-8-18)32-26(37)34-24(19-5-3-2-4-6-19)17-42-27(34)11-13-33(14-12-27)25-22(35(38)39)15-20(28(29,30)31)16-23(25)36(40)41/h2-10,15-16,24H,11-14,17H2,1H3,(H,32,37)/t24-/m0/s1. The number of urea groups is 1.